The maximum atomic E-state index is 10.6. The second-order valence-electron chi connectivity index (χ2n) is 6.05. The Morgan fingerprint density at radius 1 is 0.720 bits per heavy atom. The number of para-hydroxylation sites is 1. The average molecular weight is 331 g/mol. The molecule has 0 aliphatic carbocycles. The third-order valence-corrected chi connectivity index (χ3v) is 4.47. The van der Waals surface area contributed by atoms with Gasteiger partial charge >= 0.3 is 0 Å². The fourth-order valence-electron chi connectivity index (χ4n) is 3.38. The Labute approximate surface area is 144 Å². The van der Waals surface area contributed by atoms with Crippen LogP contribution in [0.25, 0.3) is 33.2 Å². The van der Waals surface area contributed by atoms with E-state index in [0.717, 1.165) is 27.7 Å². The van der Waals surface area contributed by atoms with Gasteiger partial charge in [-0.1, -0.05) is 48.5 Å². The molecule has 4 N–H and O–H groups in total. The average Bonchev–Trinajstić information content (AvgIpc) is 2.94. The van der Waals surface area contributed by atoms with Gasteiger partial charge in [0, 0.05) is 39.4 Å². The number of phenolic OH excluding ortho intramolecular Hbond substituents is 3. The highest BCUT2D eigenvalue weighted by molar-refractivity contribution is 6.05. The Bertz CT molecular complexity index is 1080. The molecule has 0 unspecified atom stereocenters. The van der Waals surface area contributed by atoms with E-state index in [1.807, 2.05) is 61.5 Å². The molecule has 0 saturated carbocycles. The lowest BCUT2D eigenvalue weighted by atomic mass is 9.91. The summed E-state index contributed by atoms with van der Waals surface area (Å²) < 4.78 is 0. The van der Waals surface area contributed by atoms with E-state index < -0.39 is 0 Å². The van der Waals surface area contributed by atoms with Crippen molar-refractivity contribution in [2.24, 2.45) is 0 Å². The molecular formula is C21H17NO3. The summed E-state index contributed by atoms with van der Waals surface area (Å²) >= 11 is 0. The van der Waals surface area contributed by atoms with Gasteiger partial charge in [0.25, 0.3) is 0 Å². The predicted octanol–water partition coefficient (Wildman–Crippen LogP) is 4.93. The number of phenols is 3. The van der Waals surface area contributed by atoms with Gasteiger partial charge in [0.2, 0.25) is 0 Å². The maximum absolute atomic E-state index is 10.6. The number of rotatable bonds is 2. The van der Waals surface area contributed by atoms with Gasteiger partial charge in [-0.05, 0) is 18.6 Å². The van der Waals surface area contributed by atoms with Crippen molar-refractivity contribution >= 4 is 10.9 Å². The molecule has 0 amide bonds. The predicted molar refractivity (Wildman–Crippen MR) is 98.9 cm³/mol. The van der Waals surface area contributed by atoms with Crippen molar-refractivity contribution in [2.75, 3.05) is 0 Å². The van der Waals surface area contributed by atoms with Crippen molar-refractivity contribution in [3.05, 3.63) is 66.4 Å². The van der Waals surface area contributed by atoms with E-state index in [-0.39, 0.29) is 17.2 Å². The van der Waals surface area contributed by atoms with Crippen molar-refractivity contribution in [2.45, 2.75) is 6.92 Å². The lowest BCUT2D eigenvalue weighted by Gasteiger charge is -2.15. The number of H-pyrrole nitrogens is 1. The smallest absolute Gasteiger partial charge is 0.166 e. The number of aromatic hydroxyl groups is 3. The summed E-state index contributed by atoms with van der Waals surface area (Å²) in [6, 6.07) is 18.3. The molecule has 124 valence electrons. The van der Waals surface area contributed by atoms with E-state index >= 15 is 0 Å². The zero-order valence-corrected chi connectivity index (χ0v) is 13.6. The van der Waals surface area contributed by atoms with Crippen LogP contribution in [0.5, 0.6) is 17.2 Å². The van der Waals surface area contributed by atoms with Crippen LogP contribution in [-0.4, -0.2) is 20.3 Å². The van der Waals surface area contributed by atoms with Crippen molar-refractivity contribution in [1.82, 2.24) is 4.98 Å². The molecule has 0 aliphatic rings. The van der Waals surface area contributed by atoms with Crippen molar-refractivity contribution < 1.29 is 15.3 Å². The molecule has 4 nitrogen and oxygen atoms in total. The molecule has 0 fully saturated rings. The maximum Gasteiger partial charge on any atom is 0.166 e. The fourth-order valence-corrected chi connectivity index (χ4v) is 3.38. The molecule has 0 atom stereocenters. The van der Waals surface area contributed by atoms with Crippen molar-refractivity contribution in [1.29, 1.82) is 0 Å². The Kier molecular flexibility index (Phi) is 3.39. The lowest BCUT2D eigenvalue weighted by molar-refractivity contribution is 0.398. The van der Waals surface area contributed by atoms with Crippen LogP contribution >= 0.6 is 0 Å². The number of benzene rings is 3. The Morgan fingerprint density at radius 2 is 1.40 bits per heavy atom. The first-order valence-corrected chi connectivity index (χ1v) is 7.99. The third kappa shape index (κ3) is 2.31. The number of nitrogens with one attached hydrogen (secondary N) is 1. The molecule has 0 spiro atoms. The molecule has 0 saturated heterocycles. The highest BCUT2D eigenvalue weighted by atomic mass is 16.3. The SMILES string of the molecule is Cc1[nH]c2ccccc2c1-c1c(O)c(O)cc(O)c1-c1ccccc1. The summed E-state index contributed by atoms with van der Waals surface area (Å²) in [5, 5.41) is 32.2. The quantitative estimate of drug-likeness (QED) is 0.311. The molecule has 4 aromatic rings. The van der Waals surface area contributed by atoms with Gasteiger partial charge in [-0.15, -0.1) is 0 Å². The van der Waals surface area contributed by atoms with Crippen molar-refractivity contribution in [3.8, 4) is 39.5 Å². The number of hydrogen-bond donors (Lipinski definition) is 4. The van der Waals surface area contributed by atoms with Crippen LogP contribution in [0.15, 0.2) is 60.7 Å². The van der Waals surface area contributed by atoms with Gasteiger partial charge in [-0.3, -0.25) is 0 Å². The minimum atomic E-state index is -0.350. The van der Waals surface area contributed by atoms with Gasteiger partial charge in [0.15, 0.2) is 11.5 Å². The summed E-state index contributed by atoms with van der Waals surface area (Å²) in [4.78, 5) is 3.30. The lowest BCUT2D eigenvalue weighted by Crippen LogP contribution is -1.89. The van der Waals surface area contributed by atoms with Gasteiger partial charge in [0.1, 0.15) is 5.75 Å². The second kappa shape index (κ2) is 5.60. The number of hydrogen-bond acceptors (Lipinski definition) is 3. The minimum Gasteiger partial charge on any atom is -0.507 e. The standard InChI is InChI=1S/C21H17NO3/c1-12-18(14-9-5-6-10-15(14)22-12)20-19(13-7-3-2-4-8-13)16(23)11-17(24)21(20)25/h2-11,22-25H,1H3. The van der Waals surface area contributed by atoms with Crippen LogP contribution in [-0.2, 0) is 0 Å². The van der Waals surface area contributed by atoms with Crippen LogP contribution in [0.2, 0.25) is 0 Å². The number of aromatic amines is 1. The van der Waals surface area contributed by atoms with Crippen LogP contribution in [0.1, 0.15) is 5.69 Å². The first kappa shape index (κ1) is 15.1. The van der Waals surface area contributed by atoms with Gasteiger partial charge < -0.3 is 20.3 Å². The molecule has 0 radical (unpaired) electrons. The first-order chi connectivity index (χ1) is 12.1. The molecule has 1 heterocycles. The van der Waals surface area contributed by atoms with E-state index in [0.29, 0.717) is 11.1 Å². The number of aromatic nitrogens is 1. The molecule has 0 bridgehead atoms. The fraction of sp³-hybridized carbons (Fsp3) is 0.0476. The summed E-state index contributed by atoms with van der Waals surface area (Å²) in [6.45, 7) is 1.91. The van der Waals surface area contributed by atoms with E-state index in [9.17, 15) is 15.3 Å². The summed E-state index contributed by atoms with van der Waals surface area (Å²) in [5.74, 6) is -0.678. The largest absolute Gasteiger partial charge is 0.507 e. The van der Waals surface area contributed by atoms with Crippen molar-refractivity contribution in [3.63, 3.8) is 0 Å². The highest BCUT2D eigenvalue weighted by Crippen LogP contribution is 2.51. The Morgan fingerprint density at radius 3 is 2.16 bits per heavy atom. The zero-order chi connectivity index (χ0) is 17.6. The van der Waals surface area contributed by atoms with E-state index in [1.54, 1.807) is 0 Å². The molecule has 25 heavy (non-hydrogen) atoms. The Balaban J connectivity index is 2.16. The first-order valence-electron chi connectivity index (χ1n) is 7.99. The highest BCUT2D eigenvalue weighted by Gasteiger charge is 2.24. The van der Waals surface area contributed by atoms with Gasteiger partial charge in [0.05, 0.1) is 0 Å². The van der Waals surface area contributed by atoms with Crippen LogP contribution in [0.3, 0.4) is 0 Å². The normalized spacial score (nSPS) is 11.1. The summed E-state index contributed by atoms with van der Waals surface area (Å²) in [6.07, 6.45) is 0. The topological polar surface area (TPSA) is 76.5 Å². The van der Waals surface area contributed by atoms with Crippen LogP contribution < -0.4 is 0 Å². The molecular weight excluding hydrogens is 314 g/mol. The van der Waals surface area contributed by atoms with Crippen LogP contribution in [0.4, 0.5) is 0 Å². The number of fused-ring (bicyclic) bond motifs is 1. The molecule has 4 heteroatoms. The zero-order valence-electron chi connectivity index (χ0n) is 13.6. The Hall–Kier alpha value is -3.40. The van der Waals surface area contributed by atoms with E-state index in [1.165, 1.54) is 6.07 Å². The monoisotopic (exact) mass is 331 g/mol. The van der Waals surface area contributed by atoms with Gasteiger partial charge in [-0.2, -0.15) is 0 Å². The van der Waals surface area contributed by atoms with Gasteiger partial charge in [-0.25, -0.2) is 0 Å². The molecule has 4 rings (SSSR count). The summed E-state index contributed by atoms with van der Waals surface area (Å²) in [5.41, 5.74) is 4.20. The third-order valence-electron chi connectivity index (χ3n) is 4.47. The van der Waals surface area contributed by atoms with Crippen LogP contribution in [0, 0.1) is 6.92 Å². The second-order valence-corrected chi connectivity index (χ2v) is 6.05. The molecule has 3 aromatic carbocycles. The summed E-state index contributed by atoms with van der Waals surface area (Å²) in [7, 11) is 0. The minimum absolute atomic E-state index is 0.0822. The molecule has 1 aromatic heterocycles. The van der Waals surface area contributed by atoms with E-state index in [4.69, 9.17) is 0 Å². The number of aryl methyl sites for hydroxylation is 1. The molecule has 0 aliphatic heterocycles. The van der Waals surface area contributed by atoms with E-state index in [2.05, 4.69) is 4.98 Å².